The molecule has 0 aromatic carbocycles. The second-order valence-electron chi connectivity index (χ2n) is 1.40. The first-order valence-corrected chi connectivity index (χ1v) is 2.14. The molecule has 0 saturated heterocycles. The molecule has 4 N–H and O–H groups in total. The van der Waals surface area contributed by atoms with E-state index in [0.29, 0.717) is 5.56 Å². The molecular weight excluding hydrogens is 104 g/mol. The van der Waals surface area contributed by atoms with Crippen LogP contribution in [0.3, 0.4) is 0 Å². The Labute approximate surface area is 46.2 Å². The molecule has 0 bridgehead atoms. The Kier molecular flexibility index (Phi) is 0.997. The molecule has 1 heterocycles. The summed E-state index contributed by atoms with van der Waals surface area (Å²) in [4.78, 5) is 0. The van der Waals surface area contributed by atoms with Crippen LogP contribution < -0.4 is 5.73 Å². The first-order valence-electron chi connectivity index (χ1n) is 2.14. The zero-order chi connectivity index (χ0) is 5.98. The van der Waals surface area contributed by atoms with E-state index in [1.807, 2.05) is 0 Å². The Morgan fingerprint density at radius 1 is 1.88 bits per heavy atom. The Hall–Kier alpha value is -1.32. The minimum absolute atomic E-state index is 0.0405. The van der Waals surface area contributed by atoms with Gasteiger partial charge in [-0.3, -0.25) is 10.5 Å². The molecule has 0 aliphatic heterocycles. The summed E-state index contributed by atoms with van der Waals surface area (Å²) in [5.41, 5.74) is 5.71. The highest BCUT2D eigenvalue weighted by molar-refractivity contribution is 5.94. The quantitative estimate of drug-likeness (QED) is 0.342. The van der Waals surface area contributed by atoms with Crippen LogP contribution in [0.15, 0.2) is 12.4 Å². The van der Waals surface area contributed by atoms with Gasteiger partial charge >= 0.3 is 0 Å². The minimum atomic E-state index is 0.0405. The van der Waals surface area contributed by atoms with Crippen molar-refractivity contribution < 1.29 is 0 Å². The van der Waals surface area contributed by atoms with E-state index in [9.17, 15) is 0 Å². The topological polar surface area (TPSA) is 78.6 Å². The Morgan fingerprint density at radius 3 is 2.88 bits per heavy atom. The molecule has 42 valence electrons. The van der Waals surface area contributed by atoms with Gasteiger partial charge in [0.05, 0.1) is 11.8 Å². The minimum Gasteiger partial charge on any atom is -0.384 e. The van der Waals surface area contributed by atoms with Gasteiger partial charge < -0.3 is 5.73 Å². The molecule has 1 aromatic rings. The molecule has 0 atom stereocenters. The van der Waals surface area contributed by atoms with E-state index in [2.05, 4.69) is 10.2 Å². The van der Waals surface area contributed by atoms with E-state index in [0.717, 1.165) is 0 Å². The predicted molar refractivity (Wildman–Crippen MR) is 29.6 cm³/mol. The summed E-state index contributed by atoms with van der Waals surface area (Å²) in [7, 11) is 0. The summed E-state index contributed by atoms with van der Waals surface area (Å²) in [6.07, 6.45) is 3.07. The maximum Gasteiger partial charge on any atom is 0.125 e. The van der Waals surface area contributed by atoms with E-state index >= 15 is 0 Å². The number of nitrogens with two attached hydrogens (primary N) is 1. The van der Waals surface area contributed by atoms with Crippen LogP contribution >= 0.6 is 0 Å². The van der Waals surface area contributed by atoms with Gasteiger partial charge in [-0.05, 0) is 0 Å². The molecule has 0 amide bonds. The number of hydrogen-bond acceptors (Lipinski definition) is 2. The zero-order valence-electron chi connectivity index (χ0n) is 4.18. The smallest absolute Gasteiger partial charge is 0.125 e. The van der Waals surface area contributed by atoms with Crippen molar-refractivity contribution in [3.63, 3.8) is 0 Å². The van der Waals surface area contributed by atoms with Crippen molar-refractivity contribution in [2.45, 2.75) is 0 Å². The molecule has 0 fully saturated rings. The first-order chi connectivity index (χ1) is 3.80. The number of aromatic nitrogens is 2. The fraction of sp³-hybridized carbons (Fsp3) is 0. The molecule has 1 aromatic heterocycles. The molecule has 0 aliphatic rings. The standard InChI is InChI=1S/C4H6N4/c5-4(6)3-1-7-8-2-3/h1-2H,(H3,5,6)(H,7,8). The van der Waals surface area contributed by atoms with Crippen molar-refractivity contribution in [1.82, 2.24) is 10.2 Å². The van der Waals surface area contributed by atoms with Gasteiger partial charge in [0.1, 0.15) is 5.84 Å². The molecular formula is C4H6N4. The second kappa shape index (κ2) is 1.65. The third kappa shape index (κ3) is 0.676. The average Bonchev–Trinajstić information content (AvgIpc) is 2.12. The third-order valence-corrected chi connectivity index (χ3v) is 0.809. The number of nitrogen functional groups attached to an aromatic ring is 1. The van der Waals surface area contributed by atoms with Crippen molar-refractivity contribution in [3.8, 4) is 0 Å². The number of nitrogens with one attached hydrogen (secondary N) is 2. The molecule has 0 radical (unpaired) electrons. The highest BCUT2D eigenvalue weighted by Crippen LogP contribution is 1.88. The summed E-state index contributed by atoms with van der Waals surface area (Å²) in [6, 6.07) is 0. The number of amidine groups is 1. The van der Waals surface area contributed by atoms with E-state index in [4.69, 9.17) is 11.1 Å². The predicted octanol–water partition coefficient (Wildman–Crippen LogP) is -0.306. The summed E-state index contributed by atoms with van der Waals surface area (Å²) in [6.45, 7) is 0. The number of hydrogen-bond donors (Lipinski definition) is 3. The zero-order valence-corrected chi connectivity index (χ0v) is 4.18. The van der Waals surface area contributed by atoms with E-state index in [-0.39, 0.29) is 5.84 Å². The number of nitrogens with zero attached hydrogens (tertiary/aromatic N) is 1. The van der Waals surface area contributed by atoms with Crippen molar-refractivity contribution in [2.24, 2.45) is 5.73 Å². The third-order valence-electron chi connectivity index (χ3n) is 0.809. The molecule has 0 unspecified atom stereocenters. The summed E-state index contributed by atoms with van der Waals surface area (Å²) < 4.78 is 0. The van der Waals surface area contributed by atoms with Gasteiger partial charge in [-0.15, -0.1) is 0 Å². The molecule has 4 heteroatoms. The fourth-order valence-electron chi connectivity index (χ4n) is 0.398. The molecule has 8 heavy (non-hydrogen) atoms. The normalized spacial score (nSPS) is 9.00. The molecule has 1 rings (SSSR count). The van der Waals surface area contributed by atoms with Crippen molar-refractivity contribution in [2.75, 3.05) is 0 Å². The number of H-pyrrole nitrogens is 1. The van der Waals surface area contributed by atoms with Gasteiger partial charge in [-0.25, -0.2) is 0 Å². The van der Waals surface area contributed by atoms with Crippen molar-refractivity contribution in [3.05, 3.63) is 18.0 Å². The maximum atomic E-state index is 6.87. The summed E-state index contributed by atoms with van der Waals surface area (Å²) in [5.74, 6) is 0.0405. The van der Waals surface area contributed by atoms with Crippen LogP contribution in [-0.2, 0) is 0 Å². The van der Waals surface area contributed by atoms with E-state index in [1.165, 1.54) is 6.20 Å². The van der Waals surface area contributed by atoms with E-state index in [1.54, 1.807) is 6.20 Å². The van der Waals surface area contributed by atoms with Crippen LogP contribution in [0.5, 0.6) is 0 Å². The monoisotopic (exact) mass is 110 g/mol. The lowest BCUT2D eigenvalue weighted by atomic mass is 10.3. The van der Waals surface area contributed by atoms with Gasteiger partial charge in [0, 0.05) is 6.20 Å². The lowest BCUT2D eigenvalue weighted by Gasteiger charge is -1.83. The van der Waals surface area contributed by atoms with Crippen molar-refractivity contribution in [1.29, 1.82) is 5.41 Å². The van der Waals surface area contributed by atoms with Crippen LogP contribution in [-0.4, -0.2) is 16.0 Å². The molecule has 0 saturated carbocycles. The van der Waals surface area contributed by atoms with Crippen LogP contribution in [0, 0.1) is 5.41 Å². The van der Waals surface area contributed by atoms with Crippen LogP contribution in [0.4, 0.5) is 0 Å². The highest BCUT2D eigenvalue weighted by atomic mass is 15.1. The SMILES string of the molecule is N=C(N)c1cn[nH]c1. The van der Waals surface area contributed by atoms with Crippen molar-refractivity contribution >= 4 is 5.84 Å². The average molecular weight is 110 g/mol. The molecule has 0 aliphatic carbocycles. The largest absolute Gasteiger partial charge is 0.384 e. The number of aromatic amines is 1. The van der Waals surface area contributed by atoms with Gasteiger partial charge in [-0.1, -0.05) is 0 Å². The number of rotatable bonds is 1. The van der Waals surface area contributed by atoms with Crippen LogP contribution in [0.1, 0.15) is 5.56 Å². The first kappa shape index (κ1) is 4.83. The maximum absolute atomic E-state index is 6.87. The van der Waals surface area contributed by atoms with Crippen LogP contribution in [0.2, 0.25) is 0 Å². The summed E-state index contributed by atoms with van der Waals surface area (Å²) >= 11 is 0. The van der Waals surface area contributed by atoms with Crippen LogP contribution in [0.25, 0.3) is 0 Å². The second-order valence-corrected chi connectivity index (χ2v) is 1.40. The molecule has 4 nitrogen and oxygen atoms in total. The Morgan fingerprint density at radius 2 is 2.62 bits per heavy atom. The molecule has 0 spiro atoms. The lowest BCUT2D eigenvalue weighted by molar-refractivity contribution is 1.09. The Balaban J connectivity index is 2.93. The summed E-state index contributed by atoms with van der Waals surface area (Å²) in [5, 5.41) is 13.0. The van der Waals surface area contributed by atoms with Gasteiger partial charge in [0.2, 0.25) is 0 Å². The fourth-order valence-corrected chi connectivity index (χ4v) is 0.398. The lowest BCUT2D eigenvalue weighted by Crippen LogP contribution is -2.09. The Bertz CT molecular complexity index is 176. The van der Waals surface area contributed by atoms with Gasteiger partial charge in [0.15, 0.2) is 0 Å². The van der Waals surface area contributed by atoms with Gasteiger partial charge in [-0.2, -0.15) is 5.10 Å². The van der Waals surface area contributed by atoms with E-state index < -0.39 is 0 Å². The van der Waals surface area contributed by atoms with Gasteiger partial charge in [0.25, 0.3) is 0 Å². The highest BCUT2D eigenvalue weighted by Gasteiger charge is 1.92.